The van der Waals surface area contributed by atoms with Gasteiger partial charge in [0.1, 0.15) is 5.75 Å². The number of ketones is 1. The minimum atomic E-state index is -0.427. The Morgan fingerprint density at radius 3 is 2.33 bits per heavy atom. The molecule has 5 heteroatoms. The molecular formula is C19H17ClO4. The van der Waals surface area contributed by atoms with Gasteiger partial charge in [-0.3, -0.25) is 4.79 Å². The fraction of sp³-hybridized carbons (Fsp3) is 0.158. The van der Waals surface area contributed by atoms with E-state index in [1.165, 1.54) is 6.08 Å². The lowest BCUT2D eigenvalue weighted by Gasteiger charge is -2.06. The topological polar surface area (TPSA) is 52.6 Å². The summed E-state index contributed by atoms with van der Waals surface area (Å²) in [6, 6.07) is 13.8. The number of ether oxygens (including phenoxy) is 2. The highest BCUT2D eigenvalue weighted by atomic mass is 35.5. The van der Waals surface area contributed by atoms with Crippen molar-refractivity contribution in [1.82, 2.24) is 0 Å². The Balaban J connectivity index is 1.93. The lowest BCUT2D eigenvalue weighted by Crippen LogP contribution is -2.14. The standard InChI is InChI=1S/C19H17ClO4/c1-2-23-19(22)13-24-17-10-6-15(7-11-17)18(21)12-5-14-3-8-16(20)9-4-14/h3-12H,2,13H2,1H3/b12-5+. The predicted octanol–water partition coefficient (Wildman–Crippen LogP) is 4.18. The number of carbonyl (C=O) groups is 2. The second-order valence-corrected chi connectivity index (χ2v) is 5.30. The van der Waals surface area contributed by atoms with Crippen LogP contribution < -0.4 is 4.74 Å². The summed E-state index contributed by atoms with van der Waals surface area (Å²) < 4.78 is 10.1. The first-order chi connectivity index (χ1) is 11.6. The smallest absolute Gasteiger partial charge is 0.344 e. The monoisotopic (exact) mass is 344 g/mol. The van der Waals surface area contributed by atoms with Gasteiger partial charge in [0.25, 0.3) is 0 Å². The molecule has 0 aliphatic carbocycles. The molecule has 0 spiro atoms. The average Bonchev–Trinajstić information content (AvgIpc) is 2.60. The van der Waals surface area contributed by atoms with Crippen LogP contribution in [0.15, 0.2) is 54.6 Å². The van der Waals surface area contributed by atoms with Crippen molar-refractivity contribution in [2.45, 2.75) is 6.92 Å². The zero-order valence-corrected chi connectivity index (χ0v) is 14.0. The third kappa shape index (κ3) is 5.56. The van der Waals surface area contributed by atoms with Crippen molar-refractivity contribution >= 4 is 29.4 Å². The molecule has 0 saturated heterocycles. The normalized spacial score (nSPS) is 10.6. The van der Waals surface area contributed by atoms with Gasteiger partial charge in [-0.25, -0.2) is 4.79 Å². The van der Waals surface area contributed by atoms with Crippen LogP contribution in [0.5, 0.6) is 5.75 Å². The molecule has 0 aromatic heterocycles. The van der Waals surface area contributed by atoms with E-state index in [1.807, 2.05) is 12.1 Å². The third-order valence-corrected chi connectivity index (χ3v) is 3.35. The zero-order valence-electron chi connectivity index (χ0n) is 13.2. The lowest BCUT2D eigenvalue weighted by molar-refractivity contribution is -0.145. The second-order valence-electron chi connectivity index (χ2n) is 4.87. The third-order valence-electron chi connectivity index (χ3n) is 3.10. The number of carbonyl (C=O) groups excluding carboxylic acids is 2. The van der Waals surface area contributed by atoms with E-state index < -0.39 is 5.97 Å². The molecule has 2 rings (SSSR count). The Bertz CT molecular complexity index is 718. The Morgan fingerprint density at radius 1 is 1.04 bits per heavy atom. The van der Waals surface area contributed by atoms with E-state index in [0.717, 1.165) is 5.56 Å². The summed E-state index contributed by atoms with van der Waals surface area (Å²) in [6.45, 7) is 1.89. The Kier molecular flexibility index (Phi) is 6.58. The maximum absolute atomic E-state index is 12.1. The molecule has 0 amide bonds. The molecule has 2 aromatic carbocycles. The largest absolute Gasteiger partial charge is 0.482 e. The van der Waals surface area contributed by atoms with Crippen LogP contribution in [0.2, 0.25) is 5.02 Å². The summed E-state index contributed by atoms with van der Waals surface area (Å²) in [5, 5.41) is 0.650. The molecule has 124 valence electrons. The summed E-state index contributed by atoms with van der Waals surface area (Å²) in [5.74, 6) is -0.0493. The highest BCUT2D eigenvalue weighted by molar-refractivity contribution is 6.30. The summed E-state index contributed by atoms with van der Waals surface area (Å²) in [7, 11) is 0. The number of allylic oxidation sites excluding steroid dienone is 1. The molecular weight excluding hydrogens is 328 g/mol. The fourth-order valence-corrected chi connectivity index (χ4v) is 2.03. The molecule has 4 nitrogen and oxygen atoms in total. The van der Waals surface area contributed by atoms with E-state index in [2.05, 4.69) is 0 Å². The summed E-state index contributed by atoms with van der Waals surface area (Å²) in [5.41, 5.74) is 1.42. The van der Waals surface area contributed by atoms with Crippen LogP contribution in [0.3, 0.4) is 0 Å². The first-order valence-corrected chi connectivity index (χ1v) is 7.82. The quantitative estimate of drug-likeness (QED) is 0.429. The van der Waals surface area contributed by atoms with Gasteiger partial charge < -0.3 is 9.47 Å². The number of rotatable bonds is 7. The minimum absolute atomic E-state index is 0.123. The van der Waals surface area contributed by atoms with Gasteiger partial charge in [0.15, 0.2) is 12.4 Å². The van der Waals surface area contributed by atoms with Crippen molar-refractivity contribution in [2.75, 3.05) is 13.2 Å². The summed E-state index contributed by atoms with van der Waals surface area (Å²) in [4.78, 5) is 23.3. The van der Waals surface area contributed by atoms with Crippen LogP contribution in [-0.2, 0) is 9.53 Å². The van der Waals surface area contributed by atoms with Crippen LogP contribution >= 0.6 is 11.6 Å². The van der Waals surface area contributed by atoms with Crippen molar-refractivity contribution in [2.24, 2.45) is 0 Å². The van der Waals surface area contributed by atoms with Gasteiger partial charge in [0, 0.05) is 10.6 Å². The molecule has 0 N–H and O–H groups in total. The Labute approximate surface area is 145 Å². The molecule has 0 aliphatic rings. The van der Waals surface area contributed by atoms with Crippen molar-refractivity contribution in [3.63, 3.8) is 0 Å². The molecule has 0 heterocycles. The maximum atomic E-state index is 12.1. The van der Waals surface area contributed by atoms with Gasteiger partial charge in [0.2, 0.25) is 0 Å². The molecule has 0 radical (unpaired) electrons. The molecule has 2 aromatic rings. The SMILES string of the molecule is CCOC(=O)COc1ccc(C(=O)/C=C/c2ccc(Cl)cc2)cc1. The maximum Gasteiger partial charge on any atom is 0.344 e. The van der Waals surface area contributed by atoms with E-state index in [9.17, 15) is 9.59 Å². The van der Waals surface area contributed by atoms with E-state index in [4.69, 9.17) is 21.1 Å². The minimum Gasteiger partial charge on any atom is -0.482 e. The van der Waals surface area contributed by atoms with Crippen molar-refractivity contribution in [1.29, 1.82) is 0 Å². The zero-order chi connectivity index (χ0) is 17.4. The lowest BCUT2D eigenvalue weighted by atomic mass is 10.1. The van der Waals surface area contributed by atoms with Crippen LogP contribution in [0, 0.1) is 0 Å². The number of benzene rings is 2. The van der Waals surface area contributed by atoms with Gasteiger partial charge in [-0.1, -0.05) is 29.8 Å². The van der Waals surface area contributed by atoms with Gasteiger partial charge in [-0.2, -0.15) is 0 Å². The van der Waals surface area contributed by atoms with Crippen LogP contribution in [0.1, 0.15) is 22.8 Å². The Morgan fingerprint density at radius 2 is 1.71 bits per heavy atom. The molecule has 0 bridgehead atoms. The van der Waals surface area contributed by atoms with E-state index in [-0.39, 0.29) is 12.4 Å². The highest BCUT2D eigenvalue weighted by Gasteiger charge is 2.05. The van der Waals surface area contributed by atoms with E-state index in [1.54, 1.807) is 49.4 Å². The number of hydrogen-bond acceptors (Lipinski definition) is 4. The number of hydrogen-bond donors (Lipinski definition) is 0. The van der Waals surface area contributed by atoms with Crippen molar-refractivity contribution in [3.8, 4) is 5.75 Å². The van der Waals surface area contributed by atoms with Crippen molar-refractivity contribution < 1.29 is 19.1 Å². The van der Waals surface area contributed by atoms with Gasteiger partial charge in [-0.05, 0) is 55.0 Å². The Hall–Kier alpha value is -2.59. The van der Waals surface area contributed by atoms with Crippen LogP contribution in [0.4, 0.5) is 0 Å². The first-order valence-electron chi connectivity index (χ1n) is 7.45. The molecule has 0 saturated carbocycles. The fourth-order valence-electron chi connectivity index (χ4n) is 1.90. The molecule has 0 unspecified atom stereocenters. The van der Waals surface area contributed by atoms with Crippen molar-refractivity contribution in [3.05, 3.63) is 70.8 Å². The summed E-state index contributed by atoms with van der Waals surface area (Å²) in [6.07, 6.45) is 3.22. The molecule has 0 atom stereocenters. The highest BCUT2D eigenvalue weighted by Crippen LogP contribution is 2.14. The predicted molar refractivity (Wildman–Crippen MR) is 93.4 cm³/mol. The van der Waals surface area contributed by atoms with Gasteiger partial charge >= 0.3 is 5.97 Å². The molecule has 0 aliphatic heterocycles. The van der Waals surface area contributed by atoms with Crippen LogP contribution in [-0.4, -0.2) is 25.0 Å². The summed E-state index contributed by atoms with van der Waals surface area (Å²) >= 11 is 5.82. The van der Waals surface area contributed by atoms with E-state index >= 15 is 0 Å². The van der Waals surface area contributed by atoms with Crippen LogP contribution in [0.25, 0.3) is 6.08 Å². The van der Waals surface area contributed by atoms with E-state index in [0.29, 0.717) is 22.9 Å². The second kappa shape index (κ2) is 8.89. The molecule has 0 fully saturated rings. The number of halogens is 1. The average molecular weight is 345 g/mol. The number of esters is 1. The first kappa shape index (κ1) is 17.8. The molecule has 24 heavy (non-hydrogen) atoms. The van der Waals surface area contributed by atoms with Gasteiger partial charge in [-0.15, -0.1) is 0 Å². The van der Waals surface area contributed by atoms with Gasteiger partial charge in [0.05, 0.1) is 6.61 Å².